The van der Waals surface area contributed by atoms with Gasteiger partial charge >= 0.3 is 0 Å². The van der Waals surface area contributed by atoms with E-state index in [0.29, 0.717) is 5.69 Å². The highest BCUT2D eigenvalue weighted by Gasteiger charge is 2.09. The van der Waals surface area contributed by atoms with Gasteiger partial charge in [-0.3, -0.25) is 9.78 Å². The summed E-state index contributed by atoms with van der Waals surface area (Å²) in [6.07, 6.45) is 3.64. The van der Waals surface area contributed by atoms with Gasteiger partial charge in [-0.2, -0.15) is 0 Å². The minimum atomic E-state index is -0.0887. The van der Waals surface area contributed by atoms with Gasteiger partial charge in [-0.25, -0.2) is 0 Å². The Labute approximate surface area is 108 Å². The normalized spacial score (nSPS) is 12.0. The van der Waals surface area contributed by atoms with E-state index in [1.807, 2.05) is 13.0 Å². The number of nitrogens with one attached hydrogen (secondary N) is 1. The van der Waals surface area contributed by atoms with E-state index < -0.39 is 0 Å². The van der Waals surface area contributed by atoms with E-state index in [-0.39, 0.29) is 11.9 Å². The quantitative estimate of drug-likeness (QED) is 0.747. The molecule has 1 heterocycles. The number of nitrogens with two attached hydrogens (primary N) is 1. The van der Waals surface area contributed by atoms with Crippen LogP contribution in [-0.4, -0.2) is 42.5 Å². The van der Waals surface area contributed by atoms with E-state index in [2.05, 4.69) is 10.3 Å². The number of hydrogen-bond donors (Lipinski definition) is 2. The molecule has 1 atom stereocenters. The third-order valence-electron chi connectivity index (χ3n) is 2.55. The van der Waals surface area contributed by atoms with Crippen molar-refractivity contribution in [2.45, 2.75) is 25.8 Å². The van der Waals surface area contributed by atoms with Crippen molar-refractivity contribution in [3.8, 4) is 0 Å². The van der Waals surface area contributed by atoms with Gasteiger partial charge < -0.3 is 16.0 Å². The number of hydrogen-bond acceptors (Lipinski definition) is 4. The number of nitrogens with zero attached hydrogens (tertiary/aromatic N) is 2. The van der Waals surface area contributed by atoms with Crippen LogP contribution in [0, 0.1) is 0 Å². The van der Waals surface area contributed by atoms with Gasteiger partial charge in [0.15, 0.2) is 0 Å². The Morgan fingerprint density at radius 1 is 1.56 bits per heavy atom. The lowest BCUT2D eigenvalue weighted by Crippen LogP contribution is -2.22. The number of carbonyl (C=O) groups is 1. The van der Waals surface area contributed by atoms with Crippen molar-refractivity contribution in [2.75, 3.05) is 26.0 Å². The molecule has 1 aromatic heterocycles. The van der Waals surface area contributed by atoms with Crippen molar-refractivity contribution in [1.29, 1.82) is 0 Å². The third-order valence-corrected chi connectivity index (χ3v) is 2.55. The monoisotopic (exact) mass is 250 g/mol. The second-order valence-corrected chi connectivity index (χ2v) is 4.68. The average Bonchev–Trinajstić information content (AvgIpc) is 2.33. The summed E-state index contributed by atoms with van der Waals surface area (Å²) >= 11 is 0. The van der Waals surface area contributed by atoms with Crippen molar-refractivity contribution < 1.29 is 4.79 Å². The predicted molar refractivity (Wildman–Crippen MR) is 73.6 cm³/mol. The van der Waals surface area contributed by atoms with Gasteiger partial charge in [0.25, 0.3) is 5.91 Å². The maximum atomic E-state index is 11.7. The number of carbonyl (C=O) groups excluding carboxylic acids is 1. The first-order valence-electron chi connectivity index (χ1n) is 6.18. The fourth-order valence-electron chi connectivity index (χ4n) is 1.54. The zero-order chi connectivity index (χ0) is 13.5. The third kappa shape index (κ3) is 4.71. The van der Waals surface area contributed by atoms with Crippen LogP contribution in [0.3, 0.4) is 0 Å². The number of rotatable bonds is 6. The lowest BCUT2D eigenvalue weighted by Gasteiger charge is -2.11. The minimum absolute atomic E-state index is 0.0887. The highest BCUT2D eigenvalue weighted by molar-refractivity contribution is 5.92. The first-order valence-corrected chi connectivity index (χ1v) is 6.18. The summed E-state index contributed by atoms with van der Waals surface area (Å²) in [6.45, 7) is 2.85. The van der Waals surface area contributed by atoms with Crippen LogP contribution in [0.2, 0.25) is 0 Å². The molecule has 100 valence electrons. The molecule has 1 rings (SSSR count). The van der Waals surface area contributed by atoms with Crippen LogP contribution >= 0.6 is 0 Å². The topological polar surface area (TPSA) is 71.2 Å². The molecule has 3 N–H and O–H groups in total. The van der Waals surface area contributed by atoms with Crippen molar-refractivity contribution in [3.05, 3.63) is 24.0 Å². The Bertz CT molecular complexity index is 390. The summed E-state index contributed by atoms with van der Waals surface area (Å²) in [7, 11) is 3.43. The molecule has 18 heavy (non-hydrogen) atoms. The summed E-state index contributed by atoms with van der Waals surface area (Å²) in [6, 6.07) is 3.86. The fraction of sp³-hybridized carbons (Fsp3) is 0.538. The molecule has 0 radical (unpaired) electrons. The van der Waals surface area contributed by atoms with Gasteiger partial charge in [0.1, 0.15) is 5.69 Å². The Morgan fingerprint density at radius 3 is 2.89 bits per heavy atom. The largest absolute Gasteiger partial charge is 0.385 e. The maximum Gasteiger partial charge on any atom is 0.272 e. The second-order valence-electron chi connectivity index (χ2n) is 4.68. The molecule has 5 nitrogen and oxygen atoms in total. The Hall–Kier alpha value is -1.62. The molecular formula is C13H22N4O. The Morgan fingerprint density at radius 2 is 2.28 bits per heavy atom. The zero-order valence-corrected chi connectivity index (χ0v) is 11.3. The molecule has 0 saturated carbocycles. The van der Waals surface area contributed by atoms with Gasteiger partial charge in [0, 0.05) is 38.6 Å². The van der Waals surface area contributed by atoms with Crippen molar-refractivity contribution in [3.63, 3.8) is 0 Å². The number of pyridine rings is 1. The lowest BCUT2D eigenvalue weighted by atomic mass is 10.2. The molecule has 5 heteroatoms. The van der Waals surface area contributed by atoms with Gasteiger partial charge in [0.05, 0.1) is 0 Å². The molecule has 1 aromatic rings. The summed E-state index contributed by atoms with van der Waals surface area (Å²) in [5.41, 5.74) is 7.05. The second kappa shape index (κ2) is 6.96. The maximum absolute atomic E-state index is 11.7. The molecule has 0 aromatic carbocycles. The first kappa shape index (κ1) is 14.4. The van der Waals surface area contributed by atoms with Crippen molar-refractivity contribution in [2.24, 2.45) is 5.73 Å². The Balaban J connectivity index is 2.52. The van der Waals surface area contributed by atoms with E-state index in [1.54, 1.807) is 26.4 Å². The van der Waals surface area contributed by atoms with E-state index >= 15 is 0 Å². The number of anilines is 1. The molecule has 1 amide bonds. The molecule has 0 aliphatic rings. The first-order chi connectivity index (χ1) is 8.50. The smallest absolute Gasteiger partial charge is 0.272 e. The van der Waals surface area contributed by atoms with Crippen LogP contribution in [0.1, 0.15) is 30.3 Å². The summed E-state index contributed by atoms with van der Waals surface area (Å²) in [5, 5.41) is 3.27. The van der Waals surface area contributed by atoms with Crippen LogP contribution < -0.4 is 11.1 Å². The summed E-state index contributed by atoms with van der Waals surface area (Å²) in [4.78, 5) is 17.3. The highest BCUT2D eigenvalue weighted by atomic mass is 16.2. The van der Waals surface area contributed by atoms with E-state index in [9.17, 15) is 4.79 Å². The minimum Gasteiger partial charge on any atom is -0.385 e. The molecule has 0 saturated heterocycles. The standard InChI is InChI=1S/C13H22N4O/c1-10(14)5-4-7-15-11-6-8-16-12(9-11)13(18)17(2)3/h6,8-10H,4-5,7,14H2,1-3H3,(H,15,16). The van der Waals surface area contributed by atoms with Crippen LogP contribution in [0.4, 0.5) is 5.69 Å². The lowest BCUT2D eigenvalue weighted by molar-refractivity contribution is 0.0822. The van der Waals surface area contributed by atoms with E-state index in [1.165, 1.54) is 4.90 Å². The van der Waals surface area contributed by atoms with Gasteiger partial charge in [-0.15, -0.1) is 0 Å². The van der Waals surface area contributed by atoms with E-state index in [4.69, 9.17) is 5.73 Å². The van der Waals surface area contributed by atoms with Crippen LogP contribution in [0.5, 0.6) is 0 Å². The molecule has 1 unspecified atom stereocenters. The zero-order valence-electron chi connectivity index (χ0n) is 11.3. The summed E-state index contributed by atoms with van der Waals surface area (Å²) < 4.78 is 0. The van der Waals surface area contributed by atoms with Gasteiger partial charge in [-0.05, 0) is 31.9 Å². The Kier molecular flexibility index (Phi) is 5.58. The molecular weight excluding hydrogens is 228 g/mol. The number of amides is 1. The molecule has 0 spiro atoms. The fourth-order valence-corrected chi connectivity index (χ4v) is 1.54. The van der Waals surface area contributed by atoms with Crippen molar-refractivity contribution in [1.82, 2.24) is 9.88 Å². The predicted octanol–water partition coefficient (Wildman–Crippen LogP) is 1.32. The van der Waals surface area contributed by atoms with Crippen LogP contribution in [0.15, 0.2) is 18.3 Å². The van der Waals surface area contributed by atoms with E-state index in [0.717, 1.165) is 25.1 Å². The molecule has 0 bridgehead atoms. The molecule has 0 fully saturated rings. The number of aromatic nitrogens is 1. The van der Waals surface area contributed by atoms with Crippen LogP contribution in [0.25, 0.3) is 0 Å². The summed E-state index contributed by atoms with van der Waals surface area (Å²) in [5.74, 6) is -0.0887. The van der Waals surface area contributed by atoms with Crippen LogP contribution in [-0.2, 0) is 0 Å². The SMILES string of the molecule is CC(N)CCCNc1ccnc(C(=O)N(C)C)c1. The highest BCUT2D eigenvalue weighted by Crippen LogP contribution is 2.09. The molecule has 0 aliphatic carbocycles. The average molecular weight is 250 g/mol. The van der Waals surface area contributed by atoms with Gasteiger partial charge in [-0.1, -0.05) is 0 Å². The molecule has 0 aliphatic heterocycles. The van der Waals surface area contributed by atoms with Crippen molar-refractivity contribution >= 4 is 11.6 Å². The van der Waals surface area contributed by atoms with Gasteiger partial charge in [0.2, 0.25) is 0 Å².